The van der Waals surface area contributed by atoms with Gasteiger partial charge in [0.2, 0.25) is 0 Å². The summed E-state index contributed by atoms with van der Waals surface area (Å²) >= 11 is 0. The van der Waals surface area contributed by atoms with E-state index >= 15 is 0 Å². The van der Waals surface area contributed by atoms with Gasteiger partial charge >= 0.3 is 0 Å². The van der Waals surface area contributed by atoms with Crippen LogP contribution in [0.1, 0.15) is 12.0 Å². The van der Waals surface area contributed by atoms with Crippen molar-refractivity contribution in [3.63, 3.8) is 0 Å². The first-order valence-electron chi connectivity index (χ1n) is 5.54. The topological polar surface area (TPSA) is 0 Å². The molecular formula is C15H19Cl3HfP-5. The van der Waals surface area contributed by atoms with Gasteiger partial charge in [-0.15, -0.1) is 26.5 Å². The number of hydrogen-bond acceptors (Lipinski definition) is 0. The largest absolute Gasteiger partial charge is 1.00 e. The molecule has 0 aliphatic heterocycles. The van der Waals surface area contributed by atoms with E-state index in [-0.39, 0.29) is 71.0 Å². The van der Waals surface area contributed by atoms with Crippen LogP contribution in [0.5, 0.6) is 0 Å². The minimum absolute atomic E-state index is 0. The van der Waals surface area contributed by atoms with E-state index in [2.05, 4.69) is 62.2 Å². The summed E-state index contributed by atoms with van der Waals surface area (Å²) in [7, 11) is 0.220. The van der Waals surface area contributed by atoms with E-state index in [1.54, 1.807) is 0 Å². The predicted molar refractivity (Wildman–Crippen MR) is 75.0 cm³/mol. The van der Waals surface area contributed by atoms with E-state index in [0.717, 1.165) is 6.42 Å². The van der Waals surface area contributed by atoms with E-state index in [1.165, 1.54) is 11.7 Å². The van der Waals surface area contributed by atoms with E-state index < -0.39 is 0 Å². The second kappa shape index (κ2) is 19.7. The Morgan fingerprint density at radius 2 is 1.70 bits per heavy atom. The molecule has 1 aromatic rings. The van der Waals surface area contributed by atoms with Crippen LogP contribution >= 0.6 is 7.92 Å². The molecule has 0 nitrogen and oxygen atoms in total. The van der Waals surface area contributed by atoms with Gasteiger partial charge in [0, 0.05) is 25.8 Å². The Morgan fingerprint density at radius 3 is 2.05 bits per heavy atom. The van der Waals surface area contributed by atoms with Crippen molar-refractivity contribution < 1.29 is 63.1 Å². The third-order valence-electron chi connectivity index (χ3n) is 2.08. The fraction of sp³-hybridized carbons (Fsp3) is 0.267. The van der Waals surface area contributed by atoms with Crippen LogP contribution < -0.4 is 37.2 Å². The molecule has 0 spiro atoms. The maximum absolute atomic E-state index is 2.99. The molecule has 20 heavy (non-hydrogen) atoms. The van der Waals surface area contributed by atoms with Crippen LogP contribution in [0.3, 0.4) is 0 Å². The van der Waals surface area contributed by atoms with Crippen molar-refractivity contribution in [3.05, 3.63) is 66.6 Å². The smallest absolute Gasteiger partial charge is 0 e. The van der Waals surface area contributed by atoms with Crippen molar-refractivity contribution in [1.82, 2.24) is 0 Å². The zero-order chi connectivity index (χ0) is 11.6. The third kappa shape index (κ3) is 16.8. The van der Waals surface area contributed by atoms with Gasteiger partial charge in [0.15, 0.2) is 0 Å². The van der Waals surface area contributed by atoms with Crippen molar-refractivity contribution in [2.75, 3.05) is 19.5 Å². The van der Waals surface area contributed by atoms with Crippen molar-refractivity contribution in [1.29, 1.82) is 0 Å². The molecule has 2 rings (SSSR count). The summed E-state index contributed by atoms with van der Waals surface area (Å²) < 4.78 is 0. The Balaban J connectivity index is -0.000000124. The molecule has 0 fully saturated rings. The SMILES string of the molecule is CP(C)C[CH-]c1ccccc1.[C-]1=CC=CC1.[Cl-].[Cl-].[Cl-].[Hf]. The zero-order valence-electron chi connectivity index (χ0n) is 11.7. The van der Waals surface area contributed by atoms with Crippen LogP contribution in [0.2, 0.25) is 0 Å². The molecule has 0 unspecified atom stereocenters. The molecule has 1 aliphatic carbocycles. The molecule has 0 bridgehead atoms. The molecule has 0 amide bonds. The standard InChI is InChI=1S/C10H14P.C5H5.3ClH.Hf/c1-11(2)9-8-10-6-4-3-5-7-10;1-2-4-5-3-1;;;;/h3-8H,9H2,1-2H3;1-3H,4H2;3*1H;/q2*-1;;;;/p-3. The summed E-state index contributed by atoms with van der Waals surface area (Å²) in [6, 6.07) is 10.5. The van der Waals surface area contributed by atoms with Crippen LogP contribution in [0.15, 0.2) is 48.6 Å². The van der Waals surface area contributed by atoms with Gasteiger partial charge in [0.25, 0.3) is 0 Å². The Bertz CT molecular complexity index is 330. The minimum atomic E-state index is 0. The van der Waals surface area contributed by atoms with Crippen LogP contribution in [-0.2, 0) is 25.8 Å². The monoisotopic (exact) mass is 515 g/mol. The molecule has 0 aromatic heterocycles. The Kier molecular flexibility index (Phi) is 28.5. The molecule has 0 saturated carbocycles. The summed E-state index contributed by atoms with van der Waals surface area (Å²) in [5, 5.41) is 0. The van der Waals surface area contributed by atoms with Gasteiger partial charge in [-0.05, 0) is 13.3 Å². The molecule has 0 atom stereocenters. The van der Waals surface area contributed by atoms with Crippen LogP contribution in [-0.4, -0.2) is 19.5 Å². The van der Waals surface area contributed by atoms with Crippen molar-refractivity contribution >= 4 is 7.92 Å². The maximum atomic E-state index is 2.99. The van der Waals surface area contributed by atoms with Gasteiger partial charge in [0.05, 0.1) is 0 Å². The number of benzene rings is 1. The summed E-state index contributed by atoms with van der Waals surface area (Å²) in [6.45, 7) is 4.60. The second-order valence-corrected chi connectivity index (χ2v) is 6.40. The second-order valence-electron chi connectivity index (χ2n) is 3.88. The molecular weight excluding hydrogens is 496 g/mol. The summed E-state index contributed by atoms with van der Waals surface area (Å²) in [5.41, 5.74) is 1.35. The molecule has 1 aliphatic rings. The van der Waals surface area contributed by atoms with Crippen molar-refractivity contribution in [2.24, 2.45) is 0 Å². The van der Waals surface area contributed by atoms with E-state index in [4.69, 9.17) is 0 Å². The molecule has 0 saturated heterocycles. The first kappa shape index (κ1) is 28.8. The summed E-state index contributed by atoms with van der Waals surface area (Å²) in [6.07, 6.45) is 13.5. The van der Waals surface area contributed by atoms with Gasteiger partial charge in [-0.2, -0.15) is 30.2 Å². The summed E-state index contributed by atoms with van der Waals surface area (Å²) in [5.74, 6) is 0. The predicted octanol–water partition coefficient (Wildman–Crippen LogP) is -4.70. The Morgan fingerprint density at radius 1 is 1.10 bits per heavy atom. The first-order valence-corrected chi connectivity index (χ1v) is 7.96. The number of allylic oxidation sites excluding steroid dienone is 4. The Labute approximate surface area is 162 Å². The molecule has 0 N–H and O–H groups in total. The summed E-state index contributed by atoms with van der Waals surface area (Å²) in [4.78, 5) is 0. The number of hydrogen-bond donors (Lipinski definition) is 0. The van der Waals surface area contributed by atoms with Gasteiger partial charge in [-0.25, -0.2) is 12.2 Å². The average molecular weight is 515 g/mol. The molecule has 114 valence electrons. The first-order chi connectivity index (χ1) is 7.79. The fourth-order valence-corrected chi connectivity index (χ4v) is 1.79. The van der Waals surface area contributed by atoms with Gasteiger partial charge in [-0.1, -0.05) is 12.2 Å². The molecule has 0 radical (unpaired) electrons. The third-order valence-corrected chi connectivity index (χ3v) is 2.99. The molecule has 1 aromatic carbocycles. The van der Waals surface area contributed by atoms with Gasteiger partial charge in [-0.3, -0.25) is 6.08 Å². The van der Waals surface area contributed by atoms with Gasteiger partial charge in [0.1, 0.15) is 0 Å². The Hall–Kier alpha value is 0.740. The van der Waals surface area contributed by atoms with Crippen LogP contribution in [0.25, 0.3) is 0 Å². The number of rotatable bonds is 3. The molecule has 5 heteroatoms. The van der Waals surface area contributed by atoms with Crippen molar-refractivity contribution in [3.8, 4) is 0 Å². The van der Waals surface area contributed by atoms with E-state index in [1.807, 2.05) is 12.2 Å². The molecule has 0 heterocycles. The maximum Gasteiger partial charge on any atom is 0 e. The average Bonchev–Trinajstić information content (AvgIpc) is 2.86. The van der Waals surface area contributed by atoms with Gasteiger partial charge < -0.3 is 37.2 Å². The van der Waals surface area contributed by atoms with E-state index in [0.29, 0.717) is 0 Å². The van der Waals surface area contributed by atoms with Crippen LogP contribution in [0, 0.1) is 12.5 Å². The van der Waals surface area contributed by atoms with E-state index in [9.17, 15) is 0 Å². The zero-order valence-corrected chi connectivity index (χ0v) is 18.4. The quantitative estimate of drug-likeness (QED) is 0.216. The minimum Gasteiger partial charge on any atom is -1.00 e. The number of halogens is 3. The normalized spacial score (nSPS) is 9.95. The fourth-order valence-electron chi connectivity index (χ4n) is 1.22. The van der Waals surface area contributed by atoms with Crippen LogP contribution in [0.4, 0.5) is 0 Å². The van der Waals surface area contributed by atoms with Crippen molar-refractivity contribution in [2.45, 2.75) is 6.42 Å².